The molecular weight excluding hydrogens is 391 g/mol. The second kappa shape index (κ2) is 6.26. The van der Waals surface area contributed by atoms with Crippen molar-refractivity contribution in [2.24, 2.45) is 4.99 Å². The number of nitrogen functional groups attached to an aromatic ring is 2. The number of aliphatic imine (C=N–C) groups is 1. The lowest BCUT2D eigenvalue weighted by atomic mass is 9.95. The molecule has 1 aliphatic heterocycles. The minimum Gasteiger partial charge on any atom is -0.397 e. The van der Waals surface area contributed by atoms with Crippen molar-refractivity contribution in [3.05, 3.63) is 45.2 Å². The Labute approximate surface area is 150 Å². The first-order valence-corrected chi connectivity index (χ1v) is 7.69. The van der Waals surface area contributed by atoms with E-state index in [4.69, 9.17) is 16.7 Å². The van der Waals surface area contributed by atoms with Crippen LogP contribution in [0.1, 0.15) is 22.7 Å². The third kappa shape index (κ3) is 2.79. The molecule has 1 aromatic heterocycles. The van der Waals surface area contributed by atoms with Crippen LogP contribution in [-0.2, 0) is 0 Å². The van der Waals surface area contributed by atoms with E-state index < -0.39 is 11.9 Å². The van der Waals surface area contributed by atoms with E-state index in [0.29, 0.717) is 11.1 Å². The molecule has 0 fully saturated rings. The Bertz CT molecular complexity index is 988. The van der Waals surface area contributed by atoms with E-state index in [2.05, 4.69) is 36.5 Å². The van der Waals surface area contributed by atoms with Gasteiger partial charge in [0.05, 0.1) is 10.2 Å². The Morgan fingerprint density at radius 1 is 1.32 bits per heavy atom. The SMILES string of the molecule is N#CNC1=NC(c2ccc(F)c(Br)c2)c2c(nc(N)c(C#N)c2N)N1. The van der Waals surface area contributed by atoms with Crippen LogP contribution in [0.4, 0.5) is 21.7 Å². The molecule has 3 rings (SSSR count). The topological polar surface area (TPSA) is 149 Å². The predicted octanol–water partition coefficient (Wildman–Crippen LogP) is 1.96. The van der Waals surface area contributed by atoms with Gasteiger partial charge in [-0.1, -0.05) is 6.07 Å². The van der Waals surface area contributed by atoms with Gasteiger partial charge < -0.3 is 16.8 Å². The highest BCUT2D eigenvalue weighted by atomic mass is 79.9. The van der Waals surface area contributed by atoms with Crippen molar-refractivity contribution >= 4 is 39.2 Å². The number of pyridine rings is 1. The summed E-state index contributed by atoms with van der Waals surface area (Å²) in [4.78, 5) is 8.52. The average Bonchev–Trinajstić information content (AvgIpc) is 2.57. The number of nitrogens with two attached hydrogens (primary N) is 2. The molecule has 0 bridgehead atoms. The summed E-state index contributed by atoms with van der Waals surface area (Å²) in [5.74, 6) is -0.0643. The van der Waals surface area contributed by atoms with E-state index >= 15 is 0 Å². The largest absolute Gasteiger partial charge is 0.397 e. The zero-order valence-corrected chi connectivity index (χ0v) is 14.1. The van der Waals surface area contributed by atoms with Gasteiger partial charge in [-0.3, -0.25) is 5.32 Å². The average molecular weight is 401 g/mol. The third-order valence-electron chi connectivity index (χ3n) is 3.62. The van der Waals surface area contributed by atoms with Gasteiger partial charge in [0, 0.05) is 5.56 Å². The normalized spacial score (nSPS) is 15.2. The molecule has 0 radical (unpaired) electrons. The fraction of sp³-hybridized carbons (Fsp3) is 0.0667. The maximum Gasteiger partial charge on any atom is 0.211 e. The Hall–Kier alpha value is -3.37. The second-order valence-electron chi connectivity index (χ2n) is 5.08. The molecule has 10 heteroatoms. The highest BCUT2D eigenvalue weighted by Crippen LogP contribution is 2.41. The van der Waals surface area contributed by atoms with Crippen LogP contribution in [0.2, 0.25) is 0 Å². The Balaban J connectivity index is 2.25. The molecular formula is C15H10BrFN8. The molecule has 0 spiro atoms. The van der Waals surface area contributed by atoms with Crippen molar-refractivity contribution in [2.45, 2.75) is 6.04 Å². The number of hydrogen-bond donors (Lipinski definition) is 4. The van der Waals surface area contributed by atoms with Crippen LogP contribution in [0.5, 0.6) is 0 Å². The van der Waals surface area contributed by atoms with Gasteiger partial charge in [0.25, 0.3) is 0 Å². The number of halogens is 2. The van der Waals surface area contributed by atoms with Gasteiger partial charge in [0.1, 0.15) is 35.1 Å². The van der Waals surface area contributed by atoms with E-state index in [1.165, 1.54) is 12.1 Å². The predicted molar refractivity (Wildman–Crippen MR) is 93.5 cm³/mol. The number of rotatable bonds is 1. The number of benzene rings is 1. The summed E-state index contributed by atoms with van der Waals surface area (Å²) in [5.41, 5.74) is 13.1. The smallest absolute Gasteiger partial charge is 0.211 e. The number of guanidine groups is 1. The van der Waals surface area contributed by atoms with Crippen molar-refractivity contribution in [1.82, 2.24) is 10.3 Å². The first-order chi connectivity index (χ1) is 12.0. The van der Waals surface area contributed by atoms with E-state index in [-0.39, 0.29) is 33.3 Å². The number of hydrogen-bond acceptors (Lipinski definition) is 8. The summed E-state index contributed by atoms with van der Waals surface area (Å²) >= 11 is 3.13. The molecule has 0 aliphatic carbocycles. The maximum absolute atomic E-state index is 13.6. The van der Waals surface area contributed by atoms with Crippen LogP contribution >= 0.6 is 15.9 Å². The molecule has 2 aromatic rings. The first kappa shape index (κ1) is 16.5. The van der Waals surface area contributed by atoms with Crippen LogP contribution in [0.3, 0.4) is 0 Å². The van der Waals surface area contributed by atoms with Gasteiger partial charge in [0.2, 0.25) is 5.96 Å². The molecule has 1 atom stereocenters. The quantitative estimate of drug-likeness (QED) is 0.422. The molecule has 0 saturated carbocycles. The minimum atomic E-state index is -0.704. The zero-order valence-electron chi connectivity index (χ0n) is 12.5. The third-order valence-corrected chi connectivity index (χ3v) is 4.22. The fourth-order valence-electron chi connectivity index (χ4n) is 2.50. The maximum atomic E-state index is 13.6. The monoisotopic (exact) mass is 400 g/mol. The molecule has 6 N–H and O–H groups in total. The van der Waals surface area contributed by atoms with Gasteiger partial charge in [0.15, 0.2) is 6.19 Å². The van der Waals surface area contributed by atoms with Gasteiger partial charge in [-0.05, 0) is 33.6 Å². The van der Waals surface area contributed by atoms with Crippen LogP contribution in [0.15, 0.2) is 27.7 Å². The van der Waals surface area contributed by atoms with Crippen molar-refractivity contribution in [3.8, 4) is 12.3 Å². The van der Waals surface area contributed by atoms with E-state index in [1.54, 1.807) is 12.3 Å². The van der Waals surface area contributed by atoms with Gasteiger partial charge in [-0.15, -0.1) is 0 Å². The van der Waals surface area contributed by atoms with Gasteiger partial charge in [-0.2, -0.15) is 10.5 Å². The molecule has 1 aromatic carbocycles. The lowest BCUT2D eigenvalue weighted by Crippen LogP contribution is -2.32. The van der Waals surface area contributed by atoms with Crippen LogP contribution in [0.25, 0.3) is 0 Å². The standard InChI is InChI=1S/C15H10BrFN8/c16-8-3-6(1-2-9(8)17)12-10-11(20)7(4-18)13(21)24-14(10)25-15(23-12)22-5-19/h1-3,12H,(H6,20,21,22,23,24,25). The number of anilines is 3. The van der Waals surface area contributed by atoms with Crippen molar-refractivity contribution in [2.75, 3.05) is 16.8 Å². The van der Waals surface area contributed by atoms with Crippen molar-refractivity contribution in [1.29, 1.82) is 10.5 Å². The molecule has 1 aliphatic rings. The van der Waals surface area contributed by atoms with E-state index in [1.807, 2.05) is 6.07 Å². The summed E-state index contributed by atoms with van der Waals surface area (Å²) in [6.45, 7) is 0. The number of fused-ring (bicyclic) bond motifs is 1. The van der Waals surface area contributed by atoms with E-state index in [9.17, 15) is 9.65 Å². The number of aromatic nitrogens is 1. The number of nitrogens with one attached hydrogen (secondary N) is 2. The van der Waals surface area contributed by atoms with Crippen LogP contribution in [-0.4, -0.2) is 10.9 Å². The molecule has 124 valence electrons. The summed E-state index contributed by atoms with van der Waals surface area (Å²) in [6, 6.07) is 5.57. The Morgan fingerprint density at radius 2 is 2.08 bits per heavy atom. The van der Waals surface area contributed by atoms with E-state index in [0.717, 1.165) is 0 Å². The second-order valence-corrected chi connectivity index (χ2v) is 5.93. The lowest BCUT2D eigenvalue weighted by molar-refractivity contribution is 0.619. The Morgan fingerprint density at radius 3 is 2.72 bits per heavy atom. The highest BCUT2D eigenvalue weighted by molar-refractivity contribution is 9.10. The molecule has 0 amide bonds. The summed E-state index contributed by atoms with van der Waals surface area (Å²) in [6.07, 6.45) is 1.76. The fourth-order valence-corrected chi connectivity index (χ4v) is 2.90. The Kier molecular flexibility index (Phi) is 4.13. The molecule has 2 heterocycles. The van der Waals surface area contributed by atoms with Crippen molar-refractivity contribution < 1.29 is 4.39 Å². The van der Waals surface area contributed by atoms with Crippen LogP contribution in [0, 0.1) is 28.6 Å². The lowest BCUT2D eigenvalue weighted by Gasteiger charge is -2.26. The molecule has 0 saturated heterocycles. The summed E-state index contributed by atoms with van der Waals surface area (Å²) < 4.78 is 13.8. The highest BCUT2D eigenvalue weighted by Gasteiger charge is 2.29. The summed E-state index contributed by atoms with van der Waals surface area (Å²) in [7, 11) is 0. The molecule has 8 nitrogen and oxygen atoms in total. The number of nitrogens with zero attached hydrogens (tertiary/aromatic N) is 4. The first-order valence-electron chi connectivity index (χ1n) is 6.90. The minimum absolute atomic E-state index is 0.0384. The van der Waals surface area contributed by atoms with Gasteiger partial charge >= 0.3 is 0 Å². The molecule has 25 heavy (non-hydrogen) atoms. The molecule has 1 unspecified atom stereocenters. The summed E-state index contributed by atoms with van der Waals surface area (Å²) in [5, 5.41) is 23.3. The van der Waals surface area contributed by atoms with Gasteiger partial charge in [-0.25, -0.2) is 14.4 Å². The number of nitriles is 2. The zero-order chi connectivity index (χ0) is 18.1. The van der Waals surface area contributed by atoms with Crippen molar-refractivity contribution in [3.63, 3.8) is 0 Å². The van der Waals surface area contributed by atoms with Crippen LogP contribution < -0.4 is 22.1 Å².